The third-order valence-corrected chi connectivity index (χ3v) is 2.58. The topological polar surface area (TPSA) is 30.0 Å². The van der Waals surface area contributed by atoms with Crippen molar-refractivity contribution in [2.24, 2.45) is 0 Å². The van der Waals surface area contributed by atoms with Gasteiger partial charge in [-0.2, -0.15) is 0 Å². The average molecular weight is 187 g/mol. The van der Waals surface area contributed by atoms with Gasteiger partial charge in [-0.1, -0.05) is 6.92 Å². The predicted octanol–water partition coefficient (Wildman–Crippen LogP) is 2.31. The molecule has 0 atom stereocenters. The Morgan fingerprint density at radius 3 is 3.00 bits per heavy atom. The lowest BCUT2D eigenvalue weighted by Crippen LogP contribution is -2.12. The van der Waals surface area contributed by atoms with Gasteiger partial charge in [0.25, 0.3) is 0 Å². The molecular weight excluding hydrogens is 174 g/mol. The number of aromatic nitrogens is 1. The van der Waals surface area contributed by atoms with Crippen molar-refractivity contribution in [3.8, 4) is 0 Å². The van der Waals surface area contributed by atoms with Gasteiger partial charge in [0.15, 0.2) is 5.78 Å². The van der Waals surface area contributed by atoms with E-state index < -0.39 is 0 Å². The van der Waals surface area contributed by atoms with Crippen LogP contribution in [0.15, 0.2) is 17.8 Å². The zero-order chi connectivity index (χ0) is 10.1. The lowest BCUT2D eigenvalue weighted by Gasteiger charge is -2.14. The van der Waals surface area contributed by atoms with E-state index in [2.05, 4.69) is 4.98 Å². The van der Waals surface area contributed by atoms with Crippen molar-refractivity contribution >= 4 is 11.9 Å². The molecule has 0 unspecified atom stereocenters. The highest BCUT2D eigenvalue weighted by molar-refractivity contribution is 6.03. The number of rotatable bonds is 1. The summed E-state index contributed by atoms with van der Waals surface area (Å²) in [5.41, 5.74) is 4.11. The minimum atomic E-state index is 0.255. The van der Waals surface area contributed by atoms with Crippen molar-refractivity contribution in [2.75, 3.05) is 0 Å². The van der Waals surface area contributed by atoms with E-state index in [0.717, 1.165) is 28.8 Å². The number of carbonyl (C=O) groups excluding carboxylic acids is 1. The van der Waals surface area contributed by atoms with Gasteiger partial charge in [0.2, 0.25) is 0 Å². The summed E-state index contributed by atoms with van der Waals surface area (Å²) >= 11 is 0. The third-order valence-electron chi connectivity index (χ3n) is 2.58. The number of carbonyl (C=O) groups is 1. The van der Waals surface area contributed by atoms with Crippen molar-refractivity contribution in [2.45, 2.75) is 26.7 Å². The Bertz CT molecular complexity index is 418. The fraction of sp³-hybridized carbons (Fsp3) is 0.333. The van der Waals surface area contributed by atoms with Crippen molar-refractivity contribution in [3.05, 3.63) is 34.7 Å². The number of hydrogen-bond donors (Lipinski definition) is 0. The molecule has 14 heavy (non-hydrogen) atoms. The van der Waals surface area contributed by atoms with E-state index in [1.807, 2.05) is 32.2 Å². The summed E-state index contributed by atoms with van der Waals surface area (Å²) in [5.74, 6) is 0.255. The first-order chi connectivity index (χ1) is 6.70. The van der Waals surface area contributed by atoms with Crippen LogP contribution in [0.3, 0.4) is 0 Å². The number of nitrogens with zero attached hydrogens (tertiary/aromatic N) is 1. The van der Waals surface area contributed by atoms with Gasteiger partial charge in [-0.05, 0) is 42.2 Å². The summed E-state index contributed by atoms with van der Waals surface area (Å²) in [6, 6.07) is 2.00. The van der Waals surface area contributed by atoms with E-state index in [4.69, 9.17) is 0 Å². The Hall–Kier alpha value is -1.44. The number of ketones is 1. The van der Waals surface area contributed by atoms with Crippen molar-refractivity contribution in [3.63, 3.8) is 0 Å². The summed E-state index contributed by atoms with van der Waals surface area (Å²) < 4.78 is 0. The lowest BCUT2D eigenvalue weighted by molar-refractivity contribution is -0.115. The fourth-order valence-electron chi connectivity index (χ4n) is 1.76. The van der Waals surface area contributed by atoms with Crippen LogP contribution in [0.2, 0.25) is 0 Å². The molecule has 1 aliphatic rings. The van der Waals surface area contributed by atoms with Gasteiger partial charge >= 0.3 is 0 Å². The Balaban J connectivity index is 2.51. The molecule has 2 heteroatoms. The van der Waals surface area contributed by atoms with Crippen LogP contribution in [0.5, 0.6) is 0 Å². The Morgan fingerprint density at radius 1 is 1.50 bits per heavy atom. The van der Waals surface area contributed by atoms with Crippen LogP contribution in [0, 0.1) is 6.92 Å². The average Bonchev–Trinajstić information content (AvgIpc) is 2.16. The molecule has 0 aromatic carbocycles. The Morgan fingerprint density at radius 2 is 2.29 bits per heavy atom. The molecule has 72 valence electrons. The molecule has 0 bridgehead atoms. The summed E-state index contributed by atoms with van der Waals surface area (Å²) in [7, 11) is 0. The molecule has 0 saturated carbocycles. The molecule has 0 fully saturated rings. The van der Waals surface area contributed by atoms with Gasteiger partial charge in [-0.25, -0.2) is 0 Å². The number of allylic oxidation sites excluding steroid dienone is 1. The molecule has 0 amide bonds. The molecule has 2 nitrogen and oxygen atoms in total. The first kappa shape index (κ1) is 9.13. The monoisotopic (exact) mass is 187 g/mol. The standard InChI is InChI=1S/C12H13NO/c1-3-9-5-11-7-13-8(2)4-10(11)6-12(9)14/h4-5,7H,3,6H2,1-2H3. The van der Waals surface area contributed by atoms with Crippen LogP contribution in [-0.2, 0) is 11.2 Å². The van der Waals surface area contributed by atoms with Crippen LogP contribution < -0.4 is 0 Å². The summed E-state index contributed by atoms with van der Waals surface area (Å²) in [6.45, 7) is 3.96. The second kappa shape index (κ2) is 3.37. The summed E-state index contributed by atoms with van der Waals surface area (Å²) in [5, 5.41) is 0. The predicted molar refractivity (Wildman–Crippen MR) is 56.0 cm³/mol. The maximum Gasteiger partial charge on any atom is 0.163 e. The number of hydrogen-bond acceptors (Lipinski definition) is 2. The normalized spacial score (nSPS) is 15.0. The molecule has 1 heterocycles. The molecule has 0 N–H and O–H groups in total. The van der Waals surface area contributed by atoms with Crippen molar-refractivity contribution < 1.29 is 4.79 Å². The van der Waals surface area contributed by atoms with Crippen LogP contribution >= 0.6 is 0 Å². The first-order valence-electron chi connectivity index (χ1n) is 4.90. The van der Waals surface area contributed by atoms with E-state index in [-0.39, 0.29) is 5.78 Å². The van der Waals surface area contributed by atoms with Crippen LogP contribution in [-0.4, -0.2) is 10.8 Å². The van der Waals surface area contributed by atoms with E-state index >= 15 is 0 Å². The smallest absolute Gasteiger partial charge is 0.163 e. The highest BCUT2D eigenvalue weighted by atomic mass is 16.1. The Labute approximate surface area is 83.7 Å². The van der Waals surface area contributed by atoms with Gasteiger partial charge in [0.1, 0.15) is 0 Å². The zero-order valence-corrected chi connectivity index (χ0v) is 8.50. The SMILES string of the molecule is CCC1=Cc2cnc(C)cc2CC1=O. The highest BCUT2D eigenvalue weighted by Crippen LogP contribution is 2.22. The molecule has 0 saturated heterocycles. The zero-order valence-electron chi connectivity index (χ0n) is 8.50. The minimum absolute atomic E-state index is 0.255. The minimum Gasteiger partial charge on any atom is -0.294 e. The second-order valence-corrected chi connectivity index (χ2v) is 3.65. The van der Waals surface area contributed by atoms with Crippen molar-refractivity contribution in [1.82, 2.24) is 4.98 Å². The molecular formula is C12H13NO. The molecule has 0 spiro atoms. The van der Waals surface area contributed by atoms with Gasteiger partial charge in [0, 0.05) is 18.3 Å². The summed E-state index contributed by atoms with van der Waals surface area (Å²) in [4.78, 5) is 15.8. The maximum absolute atomic E-state index is 11.6. The van der Waals surface area contributed by atoms with Gasteiger partial charge < -0.3 is 0 Å². The largest absolute Gasteiger partial charge is 0.294 e. The molecule has 1 aliphatic carbocycles. The number of pyridine rings is 1. The maximum atomic E-state index is 11.6. The van der Waals surface area contributed by atoms with E-state index in [1.165, 1.54) is 0 Å². The summed E-state index contributed by atoms with van der Waals surface area (Å²) in [6.07, 6.45) is 5.17. The molecule has 2 rings (SSSR count). The number of aryl methyl sites for hydroxylation is 1. The Kier molecular flexibility index (Phi) is 2.20. The lowest BCUT2D eigenvalue weighted by atomic mass is 9.91. The molecule has 0 aliphatic heterocycles. The first-order valence-corrected chi connectivity index (χ1v) is 4.90. The van der Waals surface area contributed by atoms with Gasteiger partial charge in [0.05, 0.1) is 0 Å². The number of fused-ring (bicyclic) bond motifs is 1. The van der Waals surface area contributed by atoms with E-state index in [0.29, 0.717) is 6.42 Å². The molecule has 0 radical (unpaired) electrons. The fourth-order valence-corrected chi connectivity index (χ4v) is 1.76. The highest BCUT2D eigenvalue weighted by Gasteiger charge is 2.16. The third kappa shape index (κ3) is 1.48. The van der Waals surface area contributed by atoms with Crippen LogP contribution in [0.25, 0.3) is 6.08 Å². The van der Waals surface area contributed by atoms with Crippen LogP contribution in [0.4, 0.5) is 0 Å². The van der Waals surface area contributed by atoms with Crippen molar-refractivity contribution in [1.29, 1.82) is 0 Å². The second-order valence-electron chi connectivity index (χ2n) is 3.65. The number of Topliss-reactive ketones (excluding diaryl/α,β-unsaturated/α-hetero) is 1. The molecule has 1 aromatic heterocycles. The van der Waals surface area contributed by atoms with Crippen LogP contribution in [0.1, 0.15) is 30.2 Å². The van der Waals surface area contributed by atoms with Gasteiger partial charge in [-0.15, -0.1) is 0 Å². The van der Waals surface area contributed by atoms with Gasteiger partial charge in [-0.3, -0.25) is 9.78 Å². The quantitative estimate of drug-likeness (QED) is 0.675. The van der Waals surface area contributed by atoms with E-state index in [9.17, 15) is 4.79 Å². The molecule has 1 aromatic rings. The van der Waals surface area contributed by atoms with E-state index in [1.54, 1.807) is 0 Å².